The van der Waals surface area contributed by atoms with Gasteiger partial charge in [0.1, 0.15) is 0 Å². The minimum atomic E-state index is -0.196. The fourth-order valence-corrected chi connectivity index (χ4v) is 2.93. The van der Waals surface area contributed by atoms with Crippen molar-refractivity contribution in [3.63, 3.8) is 0 Å². The molecule has 0 heterocycles. The van der Waals surface area contributed by atoms with Crippen molar-refractivity contribution < 1.29 is 5.11 Å². The molecule has 1 aliphatic rings. The SMILES string of the molecule is CC(O)CC(C)(C)CNC(C)C1CCCC1. The summed E-state index contributed by atoms with van der Waals surface area (Å²) in [7, 11) is 0. The van der Waals surface area contributed by atoms with Crippen LogP contribution in [-0.4, -0.2) is 23.8 Å². The summed E-state index contributed by atoms with van der Waals surface area (Å²) in [6.07, 6.45) is 6.29. The van der Waals surface area contributed by atoms with Crippen molar-refractivity contribution in [1.82, 2.24) is 5.32 Å². The highest BCUT2D eigenvalue weighted by Gasteiger charge is 2.25. The zero-order chi connectivity index (χ0) is 12.2. The van der Waals surface area contributed by atoms with Crippen LogP contribution in [0.3, 0.4) is 0 Å². The Labute approximate surface area is 101 Å². The van der Waals surface area contributed by atoms with Gasteiger partial charge in [-0.2, -0.15) is 0 Å². The molecule has 0 bridgehead atoms. The third kappa shape index (κ3) is 4.84. The molecule has 0 amide bonds. The van der Waals surface area contributed by atoms with Gasteiger partial charge in [-0.25, -0.2) is 0 Å². The van der Waals surface area contributed by atoms with E-state index in [2.05, 4.69) is 26.1 Å². The van der Waals surface area contributed by atoms with Crippen LogP contribution >= 0.6 is 0 Å². The Hall–Kier alpha value is -0.0800. The standard InChI is InChI=1S/C14H29NO/c1-11(16)9-14(3,4)10-15-12(2)13-7-5-6-8-13/h11-13,15-16H,5-10H2,1-4H3. The Bertz CT molecular complexity index is 195. The van der Waals surface area contributed by atoms with E-state index in [9.17, 15) is 5.11 Å². The van der Waals surface area contributed by atoms with Crippen molar-refractivity contribution in [2.45, 2.75) is 71.9 Å². The van der Waals surface area contributed by atoms with Gasteiger partial charge in [-0.05, 0) is 44.4 Å². The van der Waals surface area contributed by atoms with E-state index < -0.39 is 0 Å². The van der Waals surface area contributed by atoms with E-state index in [0.717, 1.165) is 18.9 Å². The van der Waals surface area contributed by atoms with Gasteiger partial charge >= 0.3 is 0 Å². The second kappa shape index (κ2) is 6.02. The molecule has 0 aromatic rings. The smallest absolute Gasteiger partial charge is 0.0517 e. The predicted molar refractivity (Wildman–Crippen MR) is 69.5 cm³/mol. The van der Waals surface area contributed by atoms with E-state index in [1.165, 1.54) is 25.7 Å². The Kier molecular flexibility index (Phi) is 5.26. The third-order valence-electron chi connectivity index (χ3n) is 3.86. The van der Waals surface area contributed by atoms with Gasteiger partial charge in [0, 0.05) is 12.6 Å². The van der Waals surface area contributed by atoms with Gasteiger partial charge in [0.2, 0.25) is 0 Å². The molecule has 2 nitrogen and oxygen atoms in total. The number of aliphatic hydroxyl groups is 1. The molecule has 1 rings (SSSR count). The van der Waals surface area contributed by atoms with E-state index in [1.807, 2.05) is 6.92 Å². The highest BCUT2D eigenvalue weighted by Crippen LogP contribution is 2.28. The lowest BCUT2D eigenvalue weighted by Crippen LogP contribution is -2.40. The zero-order valence-electron chi connectivity index (χ0n) is 11.4. The average molecular weight is 227 g/mol. The highest BCUT2D eigenvalue weighted by atomic mass is 16.3. The summed E-state index contributed by atoms with van der Waals surface area (Å²) < 4.78 is 0. The van der Waals surface area contributed by atoms with Gasteiger partial charge in [0.25, 0.3) is 0 Å². The number of nitrogens with one attached hydrogen (secondary N) is 1. The molecular weight excluding hydrogens is 198 g/mol. The number of hydrogen-bond acceptors (Lipinski definition) is 2. The van der Waals surface area contributed by atoms with Crippen molar-refractivity contribution in [2.75, 3.05) is 6.54 Å². The minimum Gasteiger partial charge on any atom is -0.393 e. The van der Waals surface area contributed by atoms with Crippen molar-refractivity contribution in [3.8, 4) is 0 Å². The van der Waals surface area contributed by atoms with Crippen molar-refractivity contribution in [3.05, 3.63) is 0 Å². The quantitative estimate of drug-likeness (QED) is 0.731. The predicted octanol–water partition coefficient (Wildman–Crippen LogP) is 2.95. The van der Waals surface area contributed by atoms with Crippen LogP contribution in [0.15, 0.2) is 0 Å². The van der Waals surface area contributed by atoms with E-state index in [4.69, 9.17) is 0 Å². The maximum Gasteiger partial charge on any atom is 0.0517 e. The van der Waals surface area contributed by atoms with Gasteiger partial charge < -0.3 is 10.4 Å². The van der Waals surface area contributed by atoms with E-state index in [0.29, 0.717) is 6.04 Å². The summed E-state index contributed by atoms with van der Waals surface area (Å²) in [5.74, 6) is 0.877. The molecule has 1 aliphatic carbocycles. The second-order valence-electron chi connectivity index (χ2n) is 6.43. The summed E-state index contributed by atoms with van der Waals surface area (Å²) in [6, 6.07) is 0.635. The molecule has 16 heavy (non-hydrogen) atoms. The van der Waals surface area contributed by atoms with Gasteiger partial charge in [0.05, 0.1) is 6.10 Å². The average Bonchev–Trinajstić information content (AvgIpc) is 2.64. The lowest BCUT2D eigenvalue weighted by atomic mass is 9.86. The molecule has 0 aromatic heterocycles. The molecule has 0 saturated heterocycles. The molecule has 2 N–H and O–H groups in total. The molecule has 0 aliphatic heterocycles. The summed E-state index contributed by atoms with van der Waals surface area (Å²) in [6.45, 7) is 9.66. The topological polar surface area (TPSA) is 32.3 Å². The van der Waals surface area contributed by atoms with Crippen LogP contribution in [0, 0.1) is 11.3 Å². The van der Waals surface area contributed by atoms with Crippen LogP contribution < -0.4 is 5.32 Å². The fourth-order valence-electron chi connectivity index (χ4n) is 2.93. The lowest BCUT2D eigenvalue weighted by Gasteiger charge is -2.30. The molecule has 0 radical (unpaired) electrons. The third-order valence-corrected chi connectivity index (χ3v) is 3.86. The molecule has 2 heteroatoms. The monoisotopic (exact) mass is 227 g/mol. The van der Waals surface area contributed by atoms with Crippen LogP contribution in [0.1, 0.15) is 59.8 Å². The first kappa shape index (κ1) is 14.0. The first-order chi connectivity index (χ1) is 7.41. The molecule has 0 spiro atoms. The molecule has 96 valence electrons. The van der Waals surface area contributed by atoms with Gasteiger partial charge in [-0.1, -0.05) is 26.7 Å². The van der Waals surface area contributed by atoms with Gasteiger partial charge in [-0.3, -0.25) is 0 Å². The normalized spacial score (nSPS) is 22.3. The maximum absolute atomic E-state index is 9.44. The van der Waals surface area contributed by atoms with Crippen LogP contribution in [0.4, 0.5) is 0 Å². The molecule has 0 aromatic carbocycles. The maximum atomic E-state index is 9.44. The highest BCUT2D eigenvalue weighted by molar-refractivity contribution is 4.81. The Balaban J connectivity index is 2.26. The summed E-state index contributed by atoms with van der Waals surface area (Å²) >= 11 is 0. The minimum absolute atomic E-state index is 0.195. The van der Waals surface area contributed by atoms with E-state index in [1.54, 1.807) is 0 Å². The van der Waals surface area contributed by atoms with Crippen LogP contribution in [-0.2, 0) is 0 Å². The molecule has 1 fully saturated rings. The Morgan fingerprint density at radius 3 is 2.31 bits per heavy atom. The lowest BCUT2D eigenvalue weighted by molar-refractivity contribution is 0.125. The van der Waals surface area contributed by atoms with Gasteiger partial charge in [-0.15, -0.1) is 0 Å². The molecule has 2 unspecified atom stereocenters. The first-order valence-corrected chi connectivity index (χ1v) is 6.82. The Morgan fingerprint density at radius 1 is 1.25 bits per heavy atom. The second-order valence-corrected chi connectivity index (χ2v) is 6.43. The largest absolute Gasteiger partial charge is 0.393 e. The van der Waals surface area contributed by atoms with Crippen molar-refractivity contribution in [1.29, 1.82) is 0 Å². The van der Waals surface area contributed by atoms with Crippen molar-refractivity contribution in [2.24, 2.45) is 11.3 Å². The number of hydrogen-bond donors (Lipinski definition) is 2. The first-order valence-electron chi connectivity index (χ1n) is 6.82. The summed E-state index contributed by atoms with van der Waals surface area (Å²) in [4.78, 5) is 0. The molecule has 1 saturated carbocycles. The van der Waals surface area contributed by atoms with Crippen LogP contribution in [0.2, 0.25) is 0 Å². The number of aliphatic hydroxyl groups excluding tert-OH is 1. The molecular formula is C14H29NO. The van der Waals surface area contributed by atoms with Crippen LogP contribution in [0.25, 0.3) is 0 Å². The van der Waals surface area contributed by atoms with Gasteiger partial charge in [0.15, 0.2) is 0 Å². The summed E-state index contributed by atoms with van der Waals surface area (Å²) in [5, 5.41) is 13.1. The fraction of sp³-hybridized carbons (Fsp3) is 1.00. The van der Waals surface area contributed by atoms with E-state index in [-0.39, 0.29) is 11.5 Å². The zero-order valence-corrected chi connectivity index (χ0v) is 11.4. The van der Waals surface area contributed by atoms with Crippen molar-refractivity contribution >= 4 is 0 Å². The Morgan fingerprint density at radius 2 is 1.81 bits per heavy atom. The number of rotatable bonds is 6. The van der Waals surface area contributed by atoms with Crippen LogP contribution in [0.5, 0.6) is 0 Å². The molecule has 2 atom stereocenters. The summed E-state index contributed by atoms with van der Waals surface area (Å²) in [5.41, 5.74) is 0.195. The van der Waals surface area contributed by atoms with E-state index >= 15 is 0 Å².